The maximum Gasteiger partial charge on any atom is 0.267 e. The lowest BCUT2D eigenvalue weighted by molar-refractivity contribution is 0.545. The molecular formula is C24H20F2N8O3S. The van der Waals surface area contributed by atoms with E-state index in [0.29, 0.717) is 12.8 Å². The highest BCUT2D eigenvalue weighted by molar-refractivity contribution is 7.91. The van der Waals surface area contributed by atoms with Crippen molar-refractivity contribution in [2.45, 2.75) is 23.8 Å². The Morgan fingerprint density at radius 2 is 1.76 bits per heavy atom. The number of benzene rings is 2. The molecule has 2 aromatic carbocycles. The van der Waals surface area contributed by atoms with Crippen LogP contribution in [-0.2, 0) is 9.84 Å². The van der Waals surface area contributed by atoms with Gasteiger partial charge in [-0.1, -0.05) is 12.1 Å². The van der Waals surface area contributed by atoms with Gasteiger partial charge in [-0.2, -0.15) is 15.2 Å². The number of para-hydroxylation sites is 1. The van der Waals surface area contributed by atoms with Crippen LogP contribution in [0.25, 0.3) is 16.6 Å². The lowest BCUT2D eigenvalue weighted by Gasteiger charge is -2.24. The van der Waals surface area contributed by atoms with Crippen LogP contribution in [0.4, 0.5) is 26.4 Å². The Morgan fingerprint density at radius 3 is 2.37 bits per heavy atom. The van der Waals surface area contributed by atoms with Gasteiger partial charge in [0, 0.05) is 6.26 Å². The largest absolute Gasteiger partial charge is 0.382 e. The van der Waals surface area contributed by atoms with Crippen molar-refractivity contribution < 1.29 is 17.2 Å². The van der Waals surface area contributed by atoms with E-state index in [-0.39, 0.29) is 50.7 Å². The number of nitrogens with two attached hydrogens (primary N) is 2. The number of nitrogens with zero attached hydrogens (tertiary/aromatic N) is 5. The molecule has 0 spiro atoms. The van der Waals surface area contributed by atoms with Crippen molar-refractivity contribution in [3.05, 3.63) is 69.8 Å². The second-order valence-corrected chi connectivity index (χ2v) is 10.8. The number of hydrogen-bond donors (Lipinski definition) is 3. The molecule has 14 heteroatoms. The molecule has 194 valence electrons. The Morgan fingerprint density at radius 1 is 1.11 bits per heavy atom. The molecule has 1 unspecified atom stereocenters. The molecule has 0 bridgehead atoms. The summed E-state index contributed by atoms with van der Waals surface area (Å²) >= 11 is 0. The highest BCUT2D eigenvalue weighted by atomic mass is 32.2. The van der Waals surface area contributed by atoms with Crippen molar-refractivity contribution in [3.8, 4) is 11.8 Å². The van der Waals surface area contributed by atoms with Crippen LogP contribution in [-0.4, -0.2) is 34.2 Å². The number of nitrogens with one attached hydrogen (secondary N) is 1. The quantitative estimate of drug-likeness (QED) is 0.330. The zero-order valence-corrected chi connectivity index (χ0v) is 20.6. The first-order chi connectivity index (χ1) is 18.0. The maximum atomic E-state index is 15.1. The summed E-state index contributed by atoms with van der Waals surface area (Å²) in [5.74, 6) is -2.86. The standard InChI is InChI=1S/C24H20F2N8O3S/c1-38(36,37)16-7-3-6-15-17(16)23(35)34(19-13(25)4-2-5-14(19)26)22(30-15)18(11-8-9-11)31-21-12(10-27)20(28)32-24(29)33-21/h2-7,11,18H,8-9H2,1H3,(H5,28,29,31,32,33). The van der Waals surface area contributed by atoms with Crippen LogP contribution in [0.1, 0.15) is 30.3 Å². The summed E-state index contributed by atoms with van der Waals surface area (Å²) in [5, 5.41) is 12.3. The predicted molar refractivity (Wildman–Crippen MR) is 135 cm³/mol. The number of rotatable bonds is 6. The molecule has 2 heterocycles. The number of sulfone groups is 1. The highest BCUT2D eigenvalue weighted by Gasteiger charge is 2.38. The second kappa shape index (κ2) is 9.03. The molecule has 0 radical (unpaired) electrons. The average molecular weight is 539 g/mol. The number of aromatic nitrogens is 4. The summed E-state index contributed by atoms with van der Waals surface area (Å²) in [4.78, 5) is 26.0. The number of hydrogen-bond acceptors (Lipinski definition) is 10. The molecule has 1 atom stereocenters. The molecule has 1 fully saturated rings. The van der Waals surface area contributed by atoms with E-state index in [1.54, 1.807) is 0 Å². The third kappa shape index (κ3) is 4.26. The number of nitrogen functional groups attached to an aromatic ring is 2. The number of halogens is 2. The molecule has 1 saturated carbocycles. The van der Waals surface area contributed by atoms with E-state index in [0.717, 1.165) is 29.0 Å². The van der Waals surface area contributed by atoms with E-state index in [2.05, 4.69) is 20.3 Å². The summed E-state index contributed by atoms with van der Waals surface area (Å²) in [6, 6.07) is 8.16. The summed E-state index contributed by atoms with van der Waals surface area (Å²) in [7, 11) is -3.91. The summed E-state index contributed by atoms with van der Waals surface area (Å²) in [6.07, 6.45) is 2.24. The van der Waals surface area contributed by atoms with E-state index in [1.807, 2.05) is 6.07 Å². The van der Waals surface area contributed by atoms with E-state index in [9.17, 15) is 18.5 Å². The molecule has 4 aromatic rings. The lowest BCUT2D eigenvalue weighted by Crippen LogP contribution is -2.31. The third-order valence-corrected chi connectivity index (χ3v) is 7.31. The van der Waals surface area contributed by atoms with Gasteiger partial charge in [-0.25, -0.2) is 22.2 Å². The fourth-order valence-electron chi connectivity index (χ4n) is 4.33. The van der Waals surface area contributed by atoms with Crippen molar-refractivity contribution >= 4 is 38.3 Å². The first-order valence-corrected chi connectivity index (χ1v) is 13.2. The molecule has 0 saturated heterocycles. The average Bonchev–Trinajstić information content (AvgIpc) is 3.68. The van der Waals surface area contributed by atoms with Crippen LogP contribution < -0.4 is 22.3 Å². The molecular weight excluding hydrogens is 518 g/mol. The fourth-order valence-corrected chi connectivity index (χ4v) is 5.22. The molecule has 0 amide bonds. The Bertz CT molecular complexity index is 1810. The zero-order chi connectivity index (χ0) is 27.4. The van der Waals surface area contributed by atoms with Crippen LogP contribution in [0.3, 0.4) is 0 Å². The molecule has 0 aliphatic heterocycles. The number of fused-ring (bicyclic) bond motifs is 1. The molecule has 1 aliphatic carbocycles. The molecule has 2 aromatic heterocycles. The van der Waals surface area contributed by atoms with E-state index in [1.165, 1.54) is 18.2 Å². The van der Waals surface area contributed by atoms with Gasteiger partial charge in [0.2, 0.25) is 5.95 Å². The van der Waals surface area contributed by atoms with Crippen molar-refractivity contribution in [1.29, 1.82) is 5.26 Å². The first-order valence-electron chi connectivity index (χ1n) is 11.3. The Balaban J connectivity index is 1.86. The summed E-state index contributed by atoms with van der Waals surface area (Å²) in [6.45, 7) is 0. The topological polar surface area (TPSA) is 183 Å². The van der Waals surface area contributed by atoms with Gasteiger partial charge >= 0.3 is 0 Å². The number of anilines is 3. The minimum atomic E-state index is -3.91. The van der Waals surface area contributed by atoms with Crippen molar-refractivity contribution in [1.82, 2.24) is 19.5 Å². The molecule has 38 heavy (non-hydrogen) atoms. The molecule has 5 N–H and O–H groups in total. The zero-order valence-electron chi connectivity index (χ0n) is 19.8. The van der Waals surface area contributed by atoms with Crippen molar-refractivity contribution in [2.24, 2.45) is 5.92 Å². The predicted octanol–water partition coefficient (Wildman–Crippen LogP) is 2.46. The minimum absolute atomic E-state index is 0.00981. The van der Waals surface area contributed by atoms with Crippen LogP contribution in [0.5, 0.6) is 0 Å². The van der Waals surface area contributed by atoms with Crippen molar-refractivity contribution in [3.63, 3.8) is 0 Å². The Labute approximate surface area is 214 Å². The van der Waals surface area contributed by atoms with Gasteiger partial charge in [0.05, 0.1) is 21.8 Å². The number of nitriles is 1. The van der Waals surface area contributed by atoms with Gasteiger partial charge in [-0.3, -0.25) is 9.36 Å². The van der Waals surface area contributed by atoms with E-state index >= 15 is 8.78 Å². The van der Waals surface area contributed by atoms with Gasteiger partial charge in [0.15, 0.2) is 15.7 Å². The second-order valence-electron chi connectivity index (χ2n) is 8.87. The lowest BCUT2D eigenvalue weighted by atomic mass is 10.1. The van der Waals surface area contributed by atoms with Gasteiger partial charge in [-0.15, -0.1) is 0 Å². The third-order valence-electron chi connectivity index (χ3n) is 6.18. The van der Waals surface area contributed by atoms with Crippen LogP contribution in [0, 0.1) is 28.9 Å². The molecule has 11 nitrogen and oxygen atoms in total. The van der Waals surface area contributed by atoms with Crippen LogP contribution in [0.15, 0.2) is 46.1 Å². The molecule has 1 aliphatic rings. The van der Waals surface area contributed by atoms with E-state index < -0.39 is 38.8 Å². The fraction of sp³-hybridized carbons (Fsp3) is 0.208. The van der Waals surface area contributed by atoms with Gasteiger partial charge in [-0.05, 0) is 43.0 Å². The summed E-state index contributed by atoms with van der Waals surface area (Å²) in [5.41, 5.74) is 9.75. The van der Waals surface area contributed by atoms with Gasteiger partial charge in [0.25, 0.3) is 5.56 Å². The van der Waals surface area contributed by atoms with E-state index in [4.69, 9.17) is 11.5 Å². The summed E-state index contributed by atoms with van der Waals surface area (Å²) < 4.78 is 55.9. The smallest absolute Gasteiger partial charge is 0.267 e. The Kier molecular flexibility index (Phi) is 5.95. The first kappa shape index (κ1) is 25.0. The van der Waals surface area contributed by atoms with Crippen molar-refractivity contribution in [2.75, 3.05) is 23.0 Å². The normalized spacial score (nSPS) is 14.3. The van der Waals surface area contributed by atoms with Gasteiger partial charge in [0.1, 0.15) is 40.6 Å². The van der Waals surface area contributed by atoms with Crippen LogP contribution in [0.2, 0.25) is 0 Å². The SMILES string of the molecule is CS(=O)(=O)c1cccc2nc(C(Nc3nc(N)nc(N)c3C#N)C3CC3)n(-c3c(F)cccc3F)c(=O)c12. The van der Waals surface area contributed by atoms with Crippen LogP contribution >= 0.6 is 0 Å². The maximum absolute atomic E-state index is 15.1. The minimum Gasteiger partial charge on any atom is -0.382 e. The Hall–Kier alpha value is -4.64. The molecule has 5 rings (SSSR count). The van der Waals surface area contributed by atoms with Gasteiger partial charge < -0.3 is 16.8 Å². The monoisotopic (exact) mass is 538 g/mol. The highest BCUT2D eigenvalue weighted by Crippen LogP contribution is 2.43.